The minimum Gasteiger partial charge on any atom is -0.0623 e. The molecule has 4 aromatic carbocycles. The summed E-state index contributed by atoms with van der Waals surface area (Å²) in [5.74, 6) is 0. The van der Waals surface area contributed by atoms with E-state index < -0.39 is 0 Å². The highest BCUT2D eigenvalue weighted by atomic mass is 14.2. The molecule has 4 aromatic rings. The number of hydrogen-bond donors (Lipinski definition) is 0. The van der Waals surface area contributed by atoms with Crippen molar-refractivity contribution < 1.29 is 0 Å². The molecule has 0 bridgehead atoms. The Morgan fingerprint density at radius 3 is 1.92 bits per heavy atom. The van der Waals surface area contributed by atoms with Crippen LogP contribution in [0.25, 0.3) is 21.5 Å². The summed E-state index contributed by atoms with van der Waals surface area (Å²) in [6.07, 6.45) is 5.22. The van der Waals surface area contributed by atoms with E-state index in [0.29, 0.717) is 0 Å². The van der Waals surface area contributed by atoms with Gasteiger partial charge in [-0.1, -0.05) is 84.9 Å². The fraction of sp³-hybridized carbons (Fsp3) is 0.167. The van der Waals surface area contributed by atoms with Crippen molar-refractivity contribution in [3.63, 3.8) is 0 Å². The van der Waals surface area contributed by atoms with Crippen molar-refractivity contribution in [3.05, 3.63) is 96.1 Å². The van der Waals surface area contributed by atoms with Crippen LogP contribution in [0.2, 0.25) is 0 Å². The van der Waals surface area contributed by atoms with Gasteiger partial charge in [-0.2, -0.15) is 0 Å². The van der Waals surface area contributed by atoms with E-state index in [2.05, 4.69) is 48.5 Å². The predicted molar refractivity (Wildman–Crippen MR) is 105 cm³/mol. The van der Waals surface area contributed by atoms with Crippen LogP contribution in [-0.2, 0) is 12.8 Å². The van der Waals surface area contributed by atoms with Gasteiger partial charge in [-0.05, 0) is 58.4 Å². The molecule has 24 heavy (non-hydrogen) atoms. The maximum Gasteiger partial charge on any atom is -0.0102 e. The first kappa shape index (κ1) is 15.0. The van der Waals surface area contributed by atoms with Crippen LogP contribution in [0.15, 0.2) is 84.9 Å². The van der Waals surface area contributed by atoms with Crippen LogP contribution in [0, 0.1) is 0 Å². The molecule has 0 heteroatoms. The van der Waals surface area contributed by atoms with Crippen LogP contribution in [0.3, 0.4) is 0 Å². The third kappa shape index (κ3) is 2.92. The maximum atomic E-state index is 2.35. The lowest BCUT2D eigenvalue weighted by molar-refractivity contribution is 0.690. The summed E-state index contributed by atoms with van der Waals surface area (Å²) in [7, 11) is 0. The van der Waals surface area contributed by atoms with Crippen molar-refractivity contribution in [2.75, 3.05) is 0 Å². The molecule has 0 heterocycles. The van der Waals surface area contributed by atoms with E-state index in [1.165, 1.54) is 47.2 Å². The Morgan fingerprint density at radius 2 is 1.12 bits per heavy atom. The minimum absolute atomic E-state index is 1.25. The lowest BCUT2D eigenvalue weighted by atomic mass is 9.86. The van der Waals surface area contributed by atoms with E-state index in [0.717, 1.165) is 0 Å². The normalized spacial score (nSPS) is 13.2. The van der Waals surface area contributed by atoms with E-state index >= 15 is 0 Å². The van der Waals surface area contributed by atoms with Gasteiger partial charge in [0.1, 0.15) is 0 Å². The quantitative estimate of drug-likeness (QED) is 0.323. The van der Waals surface area contributed by atoms with Crippen LogP contribution in [0.1, 0.15) is 24.0 Å². The molecule has 0 aromatic heterocycles. The zero-order valence-electron chi connectivity index (χ0n) is 13.9. The fourth-order valence-corrected chi connectivity index (χ4v) is 3.73. The largest absolute Gasteiger partial charge is 0.0623 e. The van der Waals surface area contributed by atoms with Crippen molar-refractivity contribution in [2.45, 2.75) is 25.7 Å². The second-order valence-corrected chi connectivity index (χ2v) is 6.45. The summed E-state index contributed by atoms with van der Waals surface area (Å²) in [6.45, 7) is 0. The molecule has 0 N–H and O–H groups in total. The van der Waals surface area contributed by atoms with Gasteiger partial charge in [0.05, 0.1) is 0 Å². The molecule has 0 nitrogen and oxygen atoms in total. The van der Waals surface area contributed by atoms with Crippen molar-refractivity contribution in [1.82, 2.24) is 0 Å². The van der Waals surface area contributed by atoms with Gasteiger partial charge < -0.3 is 0 Å². The minimum atomic E-state index is 1.25. The Bertz CT molecular complexity index is 925. The smallest absolute Gasteiger partial charge is 0.0102 e. The van der Waals surface area contributed by atoms with Gasteiger partial charge in [-0.15, -0.1) is 0 Å². The van der Waals surface area contributed by atoms with E-state index in [1.54, 1.807) is 11.1 Å². The number of rotatable bonds is 0. The van der Waals surface area contributed by atoms with Crippen LogP contribution in [-0.4, -0.2) is 0 Å². The first-order valence-corrected chi connectivity index (χ1v) is 8.86. The molecule has 118 valence electrons. The molecule has 0 atom stereocenters. The van der Waals surface area contributed by atoms with Gasteiger partial charge in [0.2, 0.25) is 0 Å². The van der Waals surface area contributed by atoms with Crippen molar-refractivity contribution in [2.24, 2.45) is 0 Å². The maximum absolute atomic E-state index is 2.35. The zero-order chi connectivity index (χ0) is 16.2. The Morgan fingerprint density at radius 1 is 0.458 bits per heavy atom. The summed E-state index contributed by atoms with van der Waals surface area (Å²) in [6, 6.07) is 30.0. The van der Waals surface area contributed by atoms with E-state index in [4.69, 9.17) is 0 Å². The van der Waals surface area contributed by atoms with E-state index in [9.17, 15) is 0 Å². The van der Waals surface area contributed by atoms with Crippen LogP contribution < -0.4 is 0 Å². The highest BCUT2D eigenvalue weighted by molar-refractivity contribution is 6.08. The first-order valence-electron chi connectivity index (χ1n) is 8.86. The topological polar surface area (TPSA) is 0 Å². The zero-order valence-corrected chi connectivity index (χ0v) is 13.9. The summed E-state index contributed by atoms with van der Waals surface area (Å²) < 4.78 is 0. The molecular weight excluding hydrogens is 288 g/mol. The molecule has 0 saturated carbocycles. The first-order chi connectivity index (χ1) is 11.9. The molecule has 0 unspecified atom stereocenters. The Labute approximate surface area is 143 Å². The van der Waals surface area contributed by atoms with Gasteiger partial charge in [0.15, 0.2) is 0 Å². The Balaban J connectivity index is 0.000000207. The summed E-state index contributed by atoms with van der Waals surface area (Å²) >= 11 is 0. The standard InChI is InChI=1S/C18H16.C6H6/c1-3-7-15-13(5-1)9-11-18-16-8-4-2-6-14(16)10-12-17(15)18;1-2-4-6-5-3-1/h1,3,5,7,9-12H,2,4,6,8H2;1-6H. The molecule has 1 aliphatic rings. The summed E-state index contributed by atoms with van der Waals surface area (Å²) in [5.41, 5.74) is 3.17. The third-order valence-corrected chi connectivity index (χ3v) is 4.92. The van der Waals surface area contributed by atoms with Crippen LogP contribution in [0.4, 0.5) is 0 Å². The van der Waals surface area contributed by atoms with Gasteiger partial charge in [0, 0.05) is 0 Å². The highest BCUT2D eigenvalue weighted by Crippen LogP contribution is 2.33. The summed E-state index contributed by atoms with van der Waals surface area (Å²) in [4.78, 5) is 0. The average Bonchev–Trinajstić information content (AvgIpc) is 2.69. The average molecular weight is 310 g/mol. The monoisotopic (exact) mass is 310 g/mol. The van der Waals surface area contributed by atoms with Gasteiger partial charge >= 0.3 is 0 Å². The molecule has 0 saturated heterocycles. The number of benzene rings is 4. The third-order valence-electron chi connectivity index (χ3n) is 4.92. The number of aryl methyl sites for hydroxylation is 2. The lowest BCUT2D eigenvalue weighted by Gasteiger charge is -2.18. The molecule has 0 spiro atoms. The number of fused-ring (bicyclic) bond motifs is 5. The van der Waals surface area contributed by atoms with E-state index in [-0.39, 0.29) is 0 Å². The van der Waals surface area contributed by atoms with Crippen molar-refractivity contribution in [3.8, 4) is 0 Å². The summed E-state index contributed by atoms with van der Waals surface area (Å²) in [5, 5.41) is 5.64. The second kappa shape index (κ2) is 6.88. The molecule has 0 fully saturated rings. The van der Waals surface area contributed by atoms with Crippen molar-refractivity contribution in [1.29, 1.82) is 0 Å². The predicted octanol–water partition coefficient (Wildman–Crippen LogP) is 6.56. The fourth-order valence-electron chi connectivity index (χ4n) is 3.73. The van der Waals surface area contributed by atoms with Crippen LogP contribution in [0.5, 0.6) is 0 Å². The highest BCUT2D eigenvalue weighted by Gasteiger charge is 2.13. The van der Waals surface area contributed by atoms with E-state index in [1.807, 2.05) is 36.4 Å². The lowest BCUT2D eigenvalue weighted by Crippen LogP contribution is -2.02. The van der Waals surface area contributed by atoms with Gasteiger partial charge in [0.25, 0.3) is 0 Å². The van der Waals surface area contributed by atoms with Gasteiger partial charge in [-0.25, -0.2) is 0 Å². The van der Waals surface area contributed by atoms with Gasteiger partial charge in [-0.3, -0.25) is 0 Å². The van der Waals surface area contributed by atoms with Crippen LogP contribution >= 0.6 is 0 Å². The van der Waals surface area contributed by atoms with Crippen molar-refractivity contribution >= 4 is 21.5 Å². The molecule has 0 aliphatic heterocycles. The Hall–Kier alpha value is -2.60. The molecule has 1 aliphatic carbocycles. The Kier molecular flexibility index (Phi) is 4.29. The SMILES string of the molecule is c1ccc2c(c1)ccc1c3c(ccc12)CCCC3.c1ccccc1. The second-order valence-electron chi connectivity index (χ2n) is 6.45. The molecule has 0 amide bonds. The molecular formula is C24H22. The molecule has 0 radical (unpaired) electrons. The number of hydrogen-bond acceptors (Lipinski definition) is 0. The molecule has 5 rings (SSSR count).